The Morgan fingerprint density at radius 3 is 2.03 bits per heavy atom. The molecule has 1 saturated heterocycles. The van der Waals surface area contributed by atoms with E-state index in [1.54, 1.807) is 0 Å². The van der Waals surface area contributed by atoms with Gasteiger partial charge in [0.1, 0.15) is 5.75 Å². The number of imide groups is 1. The summed E-state index contributed by atoms with van der Waals surface area (Å²) in [7, 11) is 0. The molecule has 0 spiro atoms. The molecule has 0 unspecified atom stereocenters. The molecule has 0 N–H and O–H groups in total. The van der Waals surface area contributed by atoms with Gasteiger partial charge in [0, 0.05) is 11.8 Å². The highest BCUT2D eigenvalue weighted by molar-refractivity contribution is 6.23. The smallest absolute Gasteiger partial charge is 0.238 e. The van der Waals surface area contributed by atoms with E-state index in [4.69, 9.17) is 4.74 Å². The second-order valence-electron chi connectivity index (χ2n) is 9.83. The first-order valence-corrected chi connectivity index (χ1v) is 12.4. The van der Waals surface area contributed by atoms with Crippen LogP contribution in [0.25, 0.3) is 0 Å². The summed E-state index contributed by atoms with van der Waals surface area (Å²) in [5.74, 6) is -0.260. The van der Waals surface area contributed by atoms with Gasteiger partial charge in [-0.3, -0.25) is 9.59 Å². The number of aryl methyl sites for hydroxylation is 1. The zero-order chi connectivity index (χ0) is 23.4. The van der Waals surface area contributed by atoms with Crippen molar-refractivity contribution in [1.82, 2.24) is 0 Å². The van der Waals surface area contributed by atoms with Gasteiger partial charge in [0.05, 0.1) is 24.1 Å². The Morgan fingerprint density at radius 1 is 0.765 bits per heavy atom. The van der Waals surface area contributed by atoms with Gasteiger partial charge in [0.25, 0.3) is 0 Å². The number of carbonyl (C=O) groups is 2. The highest BCUT2D eigenvalue weighted by Crippen LogP contribution is 2.61. The SMILES string of the molecule is CCCCCOc1ccc(N2C(=O)[C@H]3[C@@H]4c5ccccc5[C@H](c5cc(C)ccc54)[C@@H]3C2=O)cc1. The number of hydrogen-bond donors (Lipinski definition) is 0. The van der Waals surface area contributed by atoms with Crippen molar-refractivity contribution >= 4 is 17.5 Å². The highest BCUT2D eigenvalue weighted by Gasteiger charge is 2.61. The average Bonchev–Trinajstić information content (AvgIpc) is 3.12. The zero-order valence-electron chi connectivity index (χ0n) is 19.7. The fourth-order valence-electron chi connectivity index (χ4n) is 6.33. The molecule has 7 rings (SSSR count). The Labute approximate surface area is 200 Å². The average molecular weight is 452 g/mol. The summed E-state index contributed by atoms with van der Waals surface area (Å²) >= 11 is 0. The molecule has 34 heavy (non-hydrogen) atoms. The topological polar surface area (TPSA) is 46.6 Å². The molecule has 172 valence electrons. The van der Waals surface area contributed by atoms with E-state index in [0.717, 1.165) is 25.0 Å². The third-order valence-electron chi connectivity index (χ3n) is 7.81. The number of hydrogen-bond acceptors (Lipinski definition) is 3. The van der Waals surface area contributed by atoms with Crippen LogP contribution in [-0.2, 0) is 9.59 Å². The van der Waals surface area contributed by atoms with Crippen molar-refractivity contribution in [3.63, 3.8) is 0 Å². The van der Waals surface area contributed by atoms with Crippen LogP contribution < -0.4 is 9.64 Å². The lowest BCUT2D eigenvalue weighted by molar-refractivity contribution is -0.122. The minimum atomic E-state index is -0.355. The van der Waals surface area contributed by atoms with Crippen LogP contribution in [0.4, 0.5) is 5.69 Å². The van der Waals surface area contributed by atoms with E-state index in [-0.39, 0.29) is 35.5 Å². The second-order valence-corrected chi connectivity index (χ2v) is 9.83. The molecule has 2 bridgehead atoms. The Morgan fingerprint density at radius 2 is 1.38 bits per heavy atom. The Balaban J connectivity index is 1.36. The van der Waals surface area contributed by atoms with Gasteiger partial charge in [-0.2, -0.15) is 0 Å². The van der Waals surface area contributed by atoms with Crippen LogP contribution >= 0.6 is 0 Å². The minimum absolute atomic E-state index is 0.0792. The molecular weight excluding hydrogens is 422 g/mol. The van der Waals surface area contributed by atoms with Crippen LogP contribution in [0.1, 0.15) is 65.8 Å². The summed E-state index contributed by atoms with van der Waals surface area (Å²) in [5, 5.41) is 0. The molecule has 4 nitrogen and oxygen atoms in total. The molecule has 4 heteroatoms. The van der Waals surface area contributed by atoms with Crippen molar-refractivity contribution in [1.29, 1.82) is 0 Å². The molecule has 3 aromatic rings. The van der Waals surface area contributed by atoms with Crippen molar-refractivity contribution in [2.24, 2.45) is 11.8 Å². The monoisotopic (exact) mass is 451 g/mol. The summed E-state index contributed by atoms with van der Waals surface area (Å²) in [6.45, 7) is 4.94. The number of amides is 2. The van der Waals surface area contributed by atoms with E-state index in [1.807, 2.05) is 36.4 Å². The number of carbonyl (C=O) groups excluding carboxylic acids is 2. The number of ether oxygens (including phenoxy) is 1. The fraction of sp³-hybridized carbons (Fsp3) is 0.333. The summed E-state index contributed by atoms with van der Waals surface area (Å²) < 4.78 is 5.83. The van der Waals surface area contributed by atoms with Crippen molar-refractivity contribution in [2.75, 3.05) is 11.5 Å². The minimum Gasteiger partial charge on any atom is -0.494 e. The molecule has 1 aliphatic heterocycles. The maximum atomic E-state index is 13.8. The first-order chi connectivity index (χ1) is 16.6. The first-order valence-electron chi connectivity index (χ1n) is 12.4. The van der Waals surface area contributed by atoms with E-state index in [1.165, 1.54) is 32.7 Å². The number of unbranched alkanes of at least 4 members (excludes halogenated alkanes) is 2. The summed E-state index contributed by atoms with van der Waals surface area (Å²) in [5.41, 5.74) is 6.63. The highest BCUT2D eigenvalue weighted by atomic mass is 16.5. The maximum absolute atomic E-state index is 13.8. The van der Waals surface area contributed by atoms with Crippen LogP contribution in [-0.4, -0.2) is 18.4 Å². The van der Waals surface area contributed by atoms with Gasteiger partial charge in [0.15, 0.2) is 0 Å². The Hall–Kier alpha value is -3.40. The summed E-state index contributed by atoms with van der Waals surface area (Å²) in [6, 6.07) is 22.3. The second kappa shape index (κ2) is 8.12. The van der Waals surface area contributed by atoms with E-state index in [0.29, 0.717) is 12.3 Å². The molecule has 4 atom stereocenters. The van der Waals surface area contributed by atoms with E-state index < -0.39 is 0 Å². The van der Waals surface area contributed by atoms with E-state index in [2.05, 4.69) is 44.2 Å². The van der Waals surface area contributed by atoms with Crippen molar-refractivity contribution in [3.05, 3.63) is 94.5 Å². The molecule has 2 amide bonds. The van der Waals surface area contributed by atoms with Crippen LogP contribution in [0.5, 0.6) is 5.75 Å². The van der Waals surface area contributed by atoms with Gasteiger partial charge in [-0.05, 0) is 59.9 Å². The molecule has 3 aromatic carbocycles. The number of anilines is 1. The number of rotatable bonds is 6. The molecule has 3 aliphatic carbocycles. The first kappa shape index (κ1) is 21.2. The molecule has 0 aromatic heterocycles. The van der Waals surface area contributed by atoms with Gasteiger partial charge in [0.2, 0.25) is 11.8 Å². The third kappa shape index (κ3) is 3.04. The fourth-order valence-corrected chi connectivity index (χ4v) is 6.33. The van der Waals surface area contributed by atoms with Crippen molar-refractivity contribution in [3.8, 4) is 5.75 Å². The predicted molar refractivity (Wildman–Crippen MR) is 132 cm³/mol. The van der Waals surface area contributed by atoms with E-state index in [9.17, 15) is 9.59 Å². The molecule has 0 radical (unpaired) electrons. The number of nitrogens with zero attached hydrogens (tertiary/aromatic N) is 1. The molecule has 1 heterocycles. The van der Waals surface area contributed by atoms with Crippen LogP contribution in [0, 0.1) is 18.8 Å². The number of benzene rings is 3. The lowest BCUT2D eigenvalue weighted by atomic mass is 9.55. The lowest BCUT2D eigenvalue weighted by Gasteiger charge is -2.46. The van der Waals surface area contributed by atoms with Crippen LogP contribution in [0.3, 0.4) is 0 Å². The van der Waals surface area contributed by atoms with Crippen LogP contribution in [0.2, 0.25) is 0 Å². The van der Waals surface area contributed by atoms with Gasteiger partial charge < -0.3 is 4.74 Å². The van der Waals surface area contributed by atoms with Gasteiger partial charge >= 0.3 is 0 Å². The summed E-state index contributed by atoms with van der Waals surface area (Å²) in [4.78, 5) is 29.1. The lowest BCUT2D eigenvalue weighted by Crippen LogP contribution is -2.41. The molecule has 4 aliphatic rings. The predicted octanol–water partition coefficient (Wildman–Crippen LogP) is 5.96. The Bertz CT molecular complexity index is 1280. The zero-order valence-corrected chi connectivity index (χ0v) is 19.7. The van der Waals surface area contributed by atoms with Gasteiger partial charge in [-0.1, -0.05) is 67.8 Å². The van der Waals surface area contributed by atoms with Gasteiger partial charge in [-0.25, -0.2) is 4.90 Å². The molecular formula is C30H29NO3. The van der Waals surface area contributed by atoms with Gasteiger partial charge in [-0.15, -0.1) is 0 Å². The normalized spacial score (nSPS) is 24.1. The Kier molecular flexibility index (Phi) is 5.05. The van der Waals surface area contributed by atoms with Crippen LogP contribution in [0.15, 0.2) is 66.7 Å². The van der Waals surface area contributed by atoms with Crippen molar-refractivity contribution < 1.29 is 14.3 Å². The third-order valence-corrected chi connectivity index (χ3v) is 7.81. The quantitative estimate of drug-likeness (QED) is 0.343. The molecule has 1 fully saturated rings. The summed E-state index contributed by atoms with van der Waals surface area (Å²) in [6.07, 6.45) is 3.32. The molecule has 0 saturated carbocycles. The maximum Gasteiger partial charge on any atom is 0.238 e. The standard InChI is InChI=1S/C30H29NO3/c1-3-4-7-16-34-20-13-11-19(12-14-20)31-29(32)27-25-21-8-5-6-9-22(21)26(28(27)30(31)33)24-17-18(2)10-15-23(24)25/h5-6,8-15,17,25-28H,3-4,7,16H2,1-2H3/t25-,26-,27+,28+/m1/s1. The van der Waals surface area contributed by atoms with Crippen molar-refractivity contribution in [2.45, 2.75) is 44.9 Å². The largest absolute Gasteiger partial charge is 0.494 e. The van der Waals surface area contributed by atoms with E-state index >= 15 is 0 Å².